The second-order valence-electron chi connectivity index (χ2n) is 5.40. The summed E-state index contributed by atoms with van der Waals surface area (Å²) in [4.78, 5) is 23.9. The molecule has 6 nitrogen and oxygen atoms in total. The lowest BCUT2D eigenvalue weighted by Gasteiger charge is -2.05. The van der Waals surface area contributed by atoms with Gasteiger partial charge >= 0.3 is 0 Å². The van der Waals surface area contributed by atoms with Crippen LogP contribution in [0.15, 0.2) is 59.0 Å². The largest absolute Gasteiger partial charge is 0.497 e. The Balaban J connectivity index is 1.51. The number of fused-ring (bicyclic) bond motifs is 1. The highest BCUT2D eigenvalue weighted by Crippen LogP contribution is 2.24. The molecule has 0 fully saturated rings. The summed E-state index contributed by atoms with van der Waals surface area (Å²) in [6.07, 6.45) is 1.60. The minimum absolute atomic E-state index is 0.169. The number of hydrogen-bond donors (Lipinski definition) is 2. The van der Waals surface area contributed by atoms with E-state index in [0.29, 0.717) is 11.3 Å². The highest BCUT2D eigenvalue weighted by molar-refractivity contribution is 7.17. The maximum atomic E-state index is 12.0. The Kier molecular flexibility index (Phi) is 5.60. The molecule has 1 aromatic heterocycles. The summed E-state index contributed by atoms with van der Waals surface area (Å²) in [5, 5.41) is 9.56. The van der Waals surface area contributed by atoms with Gasteiger partial charge in [0.2, 0.25) is 0 Å². The van der Waals surface area contributed by atoms with Gasteiger partial charge in [0.05, 0.1) is 19.9 Å². The van der Waals surface area contributed by atoms with Crippen molar-refractivity contribution < 1.29 is 14.3 Å². The maximum Gasteiger partial charge on any atom is 0.259 e. The molecular formula is C19H17N3O3S. The molecule has 0 radical (unpaired) electrons. The van der Waals surface area contributed by atoms with Gasteiger partial charge < -0.3 is 10.1 Å². The third kappa shape index (κ3) is 4.25. The lowest BCUT2D eigenvalue weighted by Crippen LogP contribution is -2.34. The van der Waals surface area contributed by atoms with Crippen LogP contribution in [0.25, 0.3) is 10.1 Å². The van der Waals surface area contributed by atoms with Gasteiger partial charge in [-0.15, -0.1) is 11.3 Å². The molecular weight excluding hydrogens is 350 g/mol. The number of amides is 2. The molecule has 0 aliphatic rings. The summed E-state index contributed by atoms with van der Waals surface area (Å²) in [7, 11) is 1.53. The Labute approximate surface area is 154 Å². The second-order valence-corrected chi connectivity index (χ2v) is 6.31. The number of hydrazone groups is 1. The molecule has 2 N–H and O–H groups in total. The predicted molar refractivity (Wildman–Crippen MR) is 103 cm³/mol. The number of carbonyl (C=O) groups is 2. The predicted octanol–water partition coefficient (Wildman–Crippen LogP) is 2.79. The van der Waals surface area contributed by atoms with Crippen LogP contribution in [0.4, 0.5) is 0 Å². The fourth-order valence-corrected chi connectivity index (χ4v) is 3.25. The van der Waals surface area contributed by atoms with Crippen LogP contribution < -0.4 is 15.5 Å². The lowest BCUT2D eigenvalue weighted by molar-refractivity contribution is -0.120. The normalized spacial score (nSPS) is 10.8. The van der Waals surface area contributed by atoms with E-state index in [4.69, 9.17) is 4.74 Å². The topological polar surface area (TPSA) is 79.8 Å². The van der Waals surface area contributed by atoms with Crippen LogP contribution in [-0.4, -0.2) is 31.7 Å². The van der Waals surface area contributed by atoms with Crippen LogP contribution in [0.3, 0.4) is 0 Å². The average molecular weight is 367 g/mol. The first-order chi connectivity index (χ1) is 12.7. The molecule has 3 rings (SSSR count). The van der Waals surface area contributed by atoms with E-state index in [1.165, 1.54) is 7.11 Å². The van der Waals surface area contributed by atoms with E-state index in [-0.39, 0.29) is 12.5 Å². The van der Waals surface area contributed by atoms with Crippen molar-refractivity contribution in [3.63, 3.8) is 0 Å². The SMILES string of the molecule is COc1cccc(C(=O)NCC(=O)N/N=C/c2csc3ccccc23)c1. The number of hydrogen-bond acceptors (Lipinski definition) is 5. The van der Waals surface area contributed by atoms with Crippen molar-refractivity contribution >= 4 is 39.5 Å². The van der Waals surface area contributed by atoms with E-state index < -0.39 is 5.91 Å². The van der Waals surface area contributed by atoms with E-state index in [1.807, 2.05) is 29.6 Å². The molecule has 0 atom stereocenters. The van der Waals surface area contributed by atoms with E-state index >= 15 is 0 Å². The van der Waals surface area contributed by atoms with Crippen LogP contribution in [0.2, 0.25) is 0 Å². The van der Waals surface area contributed by atoms with Crippen molar-refractivity contribution in [1.29, 1.82) is 0 Å². The molecule has 7 heteroatoms. The Bertz CT molecular complexity index is 965. The van der Waals surface area contributed by atoms with Crippen LogP contribution in [0.5, 0.6) is 5.75 Å². The van der Waals surface area contributed by atoms with Crippen molar-refractivity contribution in [2.24, 2.45) is 5.10 Å². The fraction of sp³-hybridized carbons (Fsp3) is 0.105. The molecule has 0 saturated carbocycles. The van der Waals surface area contributed by atoms with Gasteiger partial charge in [-0.3, -0.25) is 9.59 Å². The third-order valence-electron chi connectivity index (χ3n) is 3.65. The molecule has 3 aromatic rings. The van der Waals surface area contributed by atoms with E-state index in [2.05, 4.69) is 15.8 Å². The highest BCUT2D eigenvalue weighted by atomic mass is 32.1. The van der Waals surface area contributed by atoms with Gasteiger partial charge in [-0.05, 0) is 24.3 Å². The first-order valence-electron chi connectivity index (χ1n) is 7.88. The molecule has 0 aliphatic carbocycles. The number of thiophene rings is 1. The Morgan fingerprint density at radius 2 is 2.04 bits per heavy atom. The maximum absolute atomic E-state index is 12.0. The second kappa shape index (κ2) is 8.26. The molecule has 0 bridgehead atoms. The molecule has 0 spiro atoms. The molecule has 2 amide bonds. The number of methoxy groups -OCH3 is 1. The monoisotopic (exact) mass is 367 g/mol. The van der Waals surface area contributed by atoms with E-state index in [1.54, 1.807) is 41.8 Å². The number of nitrogens with one attached hydrogen (secondary N) is 2. The summed E-state index contributed by atoms with van der Waals surface area (Å²) in [5.41, 5.74) is 3.77. The Morgan fingerprint density at radius 3 is 2.88 bits per heavy atom. The Hall–Kier alpha value is -3.19. The highest BCUT2D eigenvalue weighted by Gasteiger charge is 2.08. The van der Waals surface area contributed by atoms with Gasteiger partial charge in [-0.1, -0.05) is 24.3 Å². The summed E-state index contributed by atoms with van der Waals surface area (Å²) < 4.78 is 6.23. The molecule has 132 valence electrons. The molecule has 0 aliphatic heterocycles. The zero-order valence-corrected chi connectivity index (χ0v) is 14.9. The summed E-state index contributed by atoms with van der Waals surface area (Å²) in [6, 6.07) is 14.7. The first-order valence-corrected chi connectivity index (χ1v) is 8.76. The van der Waals surface area contributed by atoms with Crippen molar-refractivity contribution in [3.8, 4) is 5.75 Å². The molecule has 26 heavy (non-hydrogen) atoms. The van der Waals surface area contributed by atoms with Crippen molar-refractivity contribution in [2.75, 3.05) is 13.7 Å². The molecule has 0 unspecified atom stereocenters. The van der Waals surface area contributed by atoms with Gasteiger partial charge in [-0.2, -0.15) is 5.10 Å². The van der Waals surface area contributed by atoms with Crippen LogP contribution in [0, 0.1) is 0 Å². The van der Waals surface area contributed by atoms with Crippen molar-refractivity contribution in [3.05, 3.63) is 65.0 Å². The summed E-state index contributed by atoms with van der Waals surface area (Å²) in [6.45, 7) is -0.169. The van der Waals surface area contributed by atoms with Crippen LogP contribution >= 0.6 is 11.3 Å². The van der Waals surface area contributed by atoms with Crippen molar-refractivity contribution in [2.45, 2.75) is 0 Å². The number of ether oxygens (including phenoxy) is 1. The molecule has 2 aromatic carbocycles. The van der Waals surface area contributed by atoms with Crippen LogP contribution in [-0.2, 0) is 4.79 Å². The van der Waals surface area contributed by atoms with E-state index in [0.717, 1.165) is 15.6 Å². The molecule has 0 saturated heterocycles. The minimum Gasteiger partial charge on any atom is -0.497 e. The van der Waals surface area contributed by atoms with Crippen LogP contribution in [0.1, 0.15) is 15.9 Å². The number of carbonyl (C=O) groups excluding carboxylic acids is 2. The van der Waals surface area contributed by atoms with E-state index in [9.17, 15) is 9.59 Å². The lowest BCUT2D eigenvalue weighted by atomic mass is 10.2. The summed E-state index contributed by atoms with van der Waals surface area (Å²) >= 11 is 1.62. The number of rotatable bonds is 6. The first kappa shape index (κ1) is 17.6. The third-order valence-corrected chi connectivity index (χ3v) is 4.63. The van der Waals surface area contributed by atoms with Gasteiger partial charge in [0.15, 0.2) is 0 Å². The van der Waals surface area contributed by atoms with Gasteiger partial charge in [0.25, 0.3) is 11.8 Å². The number of benzene rings is 2. The summed E-state index contributed by atoms with van der Waals surface area (Å²) in [5.74, 6) is -0.182. The Morgan fingerprint density at radius 1 is 1.19 bits per heavy atom. The smallest absolute Gasteiger partial charge is 0.259 e. The van der Waals surface area contributed by atoms with Crippen molar-refractivity contribution in [1.82, 2.24) is 10.7 Å². The quantitative estimate of drug-likeness (QED) is 0.519. The number of nitrogens with zero attached hydrogens (tertiary/aromatic N) is 1. The standard InChI is InChI=1S/C19H17N3O3S/c1-25-15-6-4-5-13(9-15)19(24)20-11-18(23)22-21-10-14-12-26-17-8-3-2-7-16(14)17/h2-10,12H,11H2,1H3,(H,20,24)(H,22,23)/b21-10+. The zero-order valence-electron chi connectivity index (χ0n) is 14.1. The van der Waals surface area contributed by atoms with Gasteiger partial charge in [-0.25, -0.2) is 5.43 Å². The fourth-order valence-electron chi connectivity index (χ4n) is 2.34. The van der Waals surface area contributed by atoms with Gasteiger partial charge in [0, 0.05) is 26.6 Å². The zero-order chi connectivity index (χ0) is 18.4. The average Bonchev–Trinajstić information content (AvgIpc) is 3.09. The molecule has 1 heterocycles. The minimum atomic E-state index is -0.406. The van der Waals surface area contributed by atoms with Gasteiger partial charge in [0.1, 0.15) is 5.75 Å².